The van der Waals surface area contributed by atoms with E-state index in [4.69, 9.17) is 4.74 Å². The maximum absolute atomic E-state index is 12.3. The molecule has 2 fully saturated rings. The molecular weight excluding hydrogens is 264 g/mol. The standard InChI is InChI=1S/C17H32N2O2/c1-12-13(2)21-14(3)16(12)17(20)19-11-10-18-15-8-6-4-5-7-9-15/h12-16,18H,4-11H2,1-3H3,(H,19,20). The third kappa shape index (κ3) is 4.68. The van der Waals surface area contributed by atoms with Crippen molar-refractivity contribution >= 4 is 5.91 Å². The van der Waals surface area contributed by atoms with Gasteiger partial charge in [0.25, 0.3) is 0 Å². The van der Waals surface area contributed by atoms with E-state index in [1.54, 1.807) is 0 Å². The van der Waals surface area contributed by atoms with E-state index in [1.165, 1.54) is 38.5 Å². The van der Waals surface area contributed by atoms with Crippen molar-refractivity contribution < 1.29 is 9.53 Å². The Labute approximate surface area is 129 Å². The van der Waals surface area contributed by atoms with Gasteiger partial charge in [0.2, 0.25) is 5.91 Å². The molecule has 4 atom stereocenters. The first-order valence-corrected chi connectivity index (χ1v) is 8.76. The molecule has 1 saturated carbocycles. The third-order valence-corrected chi connectivity index (χ3v) is 5.26. The molecule has 1 amide bonds. The van der Waals surface area contributed by atoms with E-state index < -0.39 is 0 Å². The van der Waals surface area contributed by atoms with Crippen molar-refractivity contribution in [3.05, 3.63) is 0 Å². The Balaban J connectivity index is 1.65. The number of ether oxygens (including phenoxy) is 1. The quantitative estimate of drug-likeness (QED) is 0.605. The Morgan fingerprint density at radius 2 is 1.67 bits per heavy atom. The van der Waals surface area contributed by atoms with Crippen molar-refractivity contribution in [2.24, 2.45) is 11.8 Å². The van der Waals surface area contributed by atoms with Crippen molar-refractivity contribution in [1.29, 1.82) is 0 Å². The first-order valence-electron chi connectivity index (χ1n) is 8.76. The summed E-state index contributed by atoms with van der Waals surface area (Å²) in [6.07, 6.45) is 8.23. The van der Waals surface area contributed by atoms with Crippen LogP contribution in [0.2, 0.25) is 0 Å². The number of hydrogen-bond donors (Lipinski definition) is 2. The molecule has 1 heterocycles. The molecule has 1 aliphatic heterocycles. The highest BCUT2D eigenvalue weighted by molar-refractivity contribution is 5.79. The van der Waals surface area contributed by atoms with Crippen molar-refractivity contribution in [3.63, 3.8) is 0 Å². The first kappa shape index (κ1) is 16.8. The molecule has 0 bridgehead atoms. The summed E-state index contributed by atoms with van der Waals surface area (Å²) in [5.41, 5.74) is 0. The maximum Gasteiger partial charge on any atom is 0.226 e. The fourth-order valence-electron chi connectivity index (χ4n) is 3.78. The highest BCUT2D eigenvalue weighted by Crippen LogP contribution is 2.32. The maximum atomic E-state index is 12.3. The summed E-state index contributed by atoms with van der Waals surface area (Å²) in [6, 6.07) is 0.650. The summed E-state index contributed by atoms with van der Waals surface area (Å²) in [5, 5.41) is 6.67. The van der Waals surface area contributed by atoms with E-state index in [2.05, 4.69) is 24.5 Å². The van der Waals surface area contributed by atoms with Crippen LogP contribution in [0.15, 0.2) is 0 Å². The molecule has 4 heteroatoms. The molecule has 0 radical (unpaired) electrons. The van der Waals surface area contributed by atoms with Gasteiger partial charge in [-0.15, -0.1) is 0 Å². The molecule has 2 aliphatic rings. The molecule has 122 valence electrons. The van der Waals surface area contributed by atoms with Crippen LogP contribution in [0.3, 0.4) is 0 Å². The average molecular weight is 296 g/mol. The van der Waals surface area contributed by atoms with Gasteiger partial charge in [-0.25, -0.2) is 0 Å². The van der Waals surface area contributed by atoms with Gasteiger partial charge in [0.15, 0.2) is 0 Å². The van der Waals surface area contributed by atoms with Crippen LogP contribution in [0, 0.1) is 11.8 Å². The molecule has 1 saturated heterocycles. The molecule has 0 aromatic heterocycles. The number of rotatable bonds is 5. The predicted octanol–water partition coefficient (Wildman–Crippen LogP) is 2.47. The second kappa shape index (κ2) is 8.14. The van der Waals surface area contributed by atoms with Crippen molar-refractivity contribution in [2.75, 3.05) is 13.1 Å². The largest absolute Gasteiger partial charge is 0.374 e. The minimum absolute atomic E-state index is 0.00196. The topological polar surface area (TPSA) is 50.4 Å². The minimum Gasteiger partial charge on any atom is -0.374 e. The lowest BCUT2D eigenvalue weighted by Crippen LogP contribution is -2.41. The zero-order chi connectivity index (χ0) is 15.2. The molecule has 2 N–H and O–H groups in total. The predicted molar refractivity (Wildman–Crippen MR) is 85.2 cm³/mol. The van der Waals surface area contributed by atoms with E-state index in [1.807, 2.05) is 6.92 Å². The van der Waals surface area contributed by atoms with E-state index in [0.717, 1.165) is 13.1 Å². The fourth-order valence-corrected chi connectivity index (χ4v) is 3.78. The Hall–Kier alpha value is -0.610. The third-order valence-electron chi connectivity index (χ3n) is 5.26. The zero-order valence-electron chi connectivity index (χ0n) is 13.9. The van der Waals surface area contributed by atoms with Gasteiger partial charge in [-0.1, -0.05) is 32.6 Å². The second-order valence-corrected chi connectivity index (χ2v) is 6.86. The Bertz CT molecular complexity index is 327. The lowest BCUT2D eigenvalue weighted by molar-refractivity contribution is -0.127. The van der Waals surface area contributed by atoms with Gasteiger partial charge >= 0.3 is 0 Å². The van der Waals surface area contributed by atoms with E-state index in [0.29, 0.717) is 12.0 Å². The van der Waals surface area contributed by atoms with Gasteiger partial charge in [0, 0.05) is 19.1 Å². The van der Waals surface area contributed by atoms with Crippen LogP contribution < -0.4 is 10.6 Å². The van der Waals surface area contributed by atoms with Crippen molar-refractivity contribution in [3.8, 4) is 0 Å². The molecule has 21 heavy (non-hydrogen) atoms. The molecule has 2 rings (SSSR count). The van der Waals surface area contributed by atoms with Crippen LogP contribution in [-0.4, -0.2) is 37.2 Å². The van der Waals surface area contributed by atoms with E-state index in [-0.39, 0.29) is 24.0 Å². The fraction of sp³-hybridized carbons (Fsp3) is 0.941. The molecule has 4 nitrogen and oxygen atoms in total. The highest BCUT2D eigenvalue weighted by atomic mass is 16.5. The molecule has 4 unspecified atom stereocenters. The molecule has 0 aromatic carbocycles. The number of hydrogen-bond acceptors (Lipinski definition) is 3. The first-order chi connectivity index (χ1) is 10.1. The molecule has 1 aliphatic carbocycles. The zero-order valence-corrected chi connectivity index (χ0v) is 13.9. The van der Waals surface area contributed by atoms with Crippen LogP contribution >= 0.6 is 0 Å². The Morgan fingerprint density at radius 1 is 1.00 bits per heavy atom. The second-order valence-electron chi connectivity index (χ2n) is 6.86. The molecular formula is C17H32N2O2. The van der Waals surface area contributed by atoms with Gasteiger partial charge < -0.3 is 15.4 Å². The lowest BCUT2D eigenvalue weighted by Gasteiger charge is -2.19. The number of amides is 1. The summed E-state index contributed by atoms with van der Waals surface area (Å²) in [7, 11) is 0. The van der Waals surface area contributed by atoms with Gasteiger partial charge in [0.05, 0.1) is 18.1 Å². The van der Waals surface area contributed by atoms with Gasteiger partial charge in [0.1, 0.15) is 0 Å². The van der Waals surface area contributed by atoms with Crippen molar-refractivity contribution in [1.82, 2.24) is 10.6 Å². The SMILES string of the molecule is CC1OC(C)C(C(=O)NCCNC2CCCCCC2)C1C. The van der Waals surface area contributed by atoms with Gasteiger partial charge in [-0.3, -0.25) is 4.79 Å². The summed E-state index contributed by atoms with van der Waals surface area (Å²) >= 11 is 0. The smallest absolute Gasteiger partial charge is 0.226 e. The van der Waals surface area contributed by atoms with Gasteiger partial charge in [-0.05, 0) is 32.6 Å². The highest BCUT2D eigenvalue weighted by Gasteiger charge is 2.41. The number of carbonyl (C=O) groups is 1. The molecule has 0 aromatic rings. The Kier molecular flexibility index (Phi) is 6.49. The summed E-state index contributed by atoms with van der Waals surface area (Å²) in [4.78, 5) is 12.3. The summed E-state index contributed by atoms with van der Waals surface area (Å²) < 4.78 is 5.75. The van der Waals surface area contributed by atoms with Crippen molar-refractivity contribution in [2.45, 2.75) is 77.5 Å². The normalized spacial score (nSPS) is 34.6. The monoisotopic (exact) mass is 296 g/mol. The summed E-state index contributed by atoms with van der Waals surface area (Å²) in [5.74, 6) is 0.453. The minimum atomic E-state index is -0.00196. The van der Waals surface area contributed by atoms with E-state index >= 15 is 0 Å². The molecule has 0 spiro atoms. The Morgan fingerprint density at radius 3 is 2.24 bits per heavy atom. The summed E-state index contributed by atoms with van der Waals surface area (Å²) in [6.45, 7) is 7.78. The lowest BCUT2D eigenvalue weighted by atomic mass is 9.89. The van der Waals surface area contributed by atoms with Crippen LogP contribution in [0.25, 0.3) is 0 Å². The average Bonchev–Trinajstić information content (AvgIpc) is 2.64. The van der Waals surface area contributed by atoms with Crippen LogP contribution in [-0.2, 0) is 9.53 Å². The number of nitrogens with one attached hydrogen (secondary N) is 2. The number of carbonyl (C=O) groups excluding carboxylic acids is 1. The van der Waals surface area contributed by atoms with Gasteiger partial charge in [-0.2, -0.15) is 0 Å². The van der Waals surface area contributed by atoms with Crippen LogP contribution in [0.4, 0.5) is 0 Å². The van der Waals surface area contributed by atoms with Crippen LogP contribution in [0.1, 0.15) is 59.3 Å². The van der Waals surface area contributed by atoms with E-state index in [9.17, 15) is 4.79 Å². The van der Waals surface area contributed by atoms with Crippen LogP contribution in [0.5, 0.6) is 0 Å².